The maximum absolute atomic E-state index is 11.2. The molecule has 0 aromatic rings. The summed E-state index contributed by atoms with van der Waals surface area (Å²) >= 11 is 0. The maximum Gasteiger partial charge on any atom is 0.120 e. The van der Waals surface area contributed by atoms with Crippen LogP contribution < -0.4 is 0 Å². The zero-order chi connectivity index (χ0) is 16.9. The first-order valence-corrected chi connectivity index (χ1v) is 11.0. The molecule has 4 aliphatic rings. The van der Waals surface area contributed by atoms with Gasteiger partial charge in [0.05, 0.1) is 0 Å². The van der Waals surface area contributed by atoms with Crippen molar-refractivity contribution in [2.75, 3.05) is 0 Å². The molecule has 4 saturated carbocycles. The molecule has 0 aromatic carbocycles. The molecule has 136 valence electrons. The molecule has 0 saturated heterocycles. The molecule has 4 aliphatic carbocycles. The van der Waals surface area contributed by atoms with Gasteiger partial charge in [0.2, 0.25) is 0 Å². The number of hydrogen-bond acceptors (Lipinski definition) is 1. The Labute approximate surface area is 149 Å². The third-order valence-corrected chi connectivity index (χ3v) is 9.93. The van der Waals surface area contributed by atoms with Gasteiger partial charge in [0, 0.05) is 6.42 Å². The number of rotatable bonds is 3. The van der Waals surface area contributed by atoms with Gasteiger partial charge in [-0.15, -0.1) is 0 Å². The molecule has 0 aromatic heterocycles. The van der Waals surface area contributed by atoms with E-state index in [9.17, 15) is 4.79 Å². The van der Waals surface area contributed by atoms with E-state index in [4.69, 9.17) is 0 Å². The molecule has 1 nitrogen and oxygen atoms in total. The average Bonchev–Trinajstić information content (AvgIpc) is 2.91. The molecule has 4 rings (SSSR count). The molecule has 0 amide bonds. The quantitative estimate of drug-likeness (QED) is 0.558. The van der Waals surface area contributed by atoms with Gasteiger partial charge in [-0.3, -0.25) is 0 Å². The number of fused-ring (bicyclic) bond motifs is 5. The Hall–Kier alpha value is -0.330. The molecule has 24 heavy (non-hydrogen) atoms. The molecule has 0 aliphatic heterocycles. The first kappa shape index (κ1) is 17.1. The van der Waals surface area contributed by atoms with E-state index in [1.165, 1.54) is 70.5 Å². The summed E-state index contributed by atoms with van der Waals surface area (Å²) in [4.78, 5) is 11.2. The lowest BCUT2D eigenvalue weighted by Crippen LogP contribution is -2.53. The maximum atomic E-state index is 11.2. The van der Waals surface area contributed by atoms with E-state index < -0.39 is 0 Å². The van der Waals surface area contributed by atoms with Gasteiger partial charge in [-0.2, -0.15) is 0 Å². The first-order valence-electron chi connectivity index (χ1n) is 11.0. The van der Waals surface area contributed by atoms with E-state index in [0.29, 0.717) is 16.7 Å². The molecule has 0 spiro atoms. The van der Waals surface area contributed by atoms with Crippen LogP contribution in [0.4, 0.5) is 0 Å². The van der Waals surface area contributed by atoms with Gasteiger partial charge in [-0.05, 0) is 104 Å². The average molecular weight is 331 g/mol. The Morgan fingerprint density at radius 3 is 2.42 bits per heavy atom. The minimum Gasteiger partial charge on any atom is -0.303 e. The molecule has 1 heteroatoms. The van der Waals surface area contributed by atoms with E-state index in [1.807, 2.05) is 0 Å². The fourth-order valence-corrected chi connectivity index (χ4v) is 8.33. The highest BCUT2D eigenvalue weighted by Crippen LogP contribution is 2.68. The van der Waals surface area contributed by atoms with Crippen LogP contribution in [0, 0.1) is 46.3 Å². The molecular formula is C23H38O. The van der Waals surface area contributed by atoms with E-state index in [2.05, 4.69) is 20.8 Å². The summed E-state index contributed by atoms with van der Waals surface area (Å²) in [5.41, 5.74) is 1.12. The fraction of sp³-hybridized carbons (Fsp3) is 0.957. The predicted octanol–water partition coefficient (Wildman–Crippen LogP) is 6.26. The molecule has 0 N–H and O–H groups in total. The van der Waals surface area contributed by atoms with Crippen molar-refractivity contribution >= 4 is 6.29 Å². The predicted molar refractivity (Wildman–Crippen MR) is 99.7 cm³/mol. The van der Waals surface area contributed by atoms with Crippen LogP contribution in [0.1, 0.15) is 91.4 Å². The molecule has 4 fully saturated rings. The van der Waals surface area contributed by atoms with Crippen LogP contribution in [0.5, 0.6) is 0 Å². The van der Waals surface area contributed by atoms with E-state index in [0.717, 1.165) is 36.0 Å². The summed E-state index contributed by atoms with van der Waals surface area (Å²) in [5, 5.41) is 0. The summed E-state index contributed by atoms with van der Waals surface area (Å²) in [6, 6.07) is 0. The van der Waals surface area contributed by atoms with Gasteiger partial charge in [-0.25, -0.2) is 0 Å². The van der Waals surface area contributed by atoms with Crippen LogP contribution in [0.15, 0.2) is 0 Å². The number of carbonyl (C=O) groups is 1. The van der Waals surface area contributed by atoms with E-state index in [1.54, 1.807) is 0 Å². The van der Waals surface area contributed by atoms with Gasteiger partial charge >= 0.3 is 0 Å². The third kappa shape index (κ3) is 2.36. The highest BCUT2D eigenvalue weighted by molar-refractivity contribution is 5.50. The van der Waals surface area contributed by atoms with Crippen molar-refractivity contribution < 1.29 is 4.79 Å². The van der Waals surface area contributed by atoms with Crippen LogP contribution in [-0.4, -0.2) is 6.29 Å². The van der Waals surface area contributed by atoms with Crippen molar-refractivity contribution in [3.63, 3.8) is 0 Å². The lowest BCUT2D eigenvalue weighted by molar-refractivity contribution is -0.122. The third-order valence-electron chi connectivity index (χ3n) is 9.93. The minimum absolute atomic E-state index is 0.478. The van der Waals surface area contributed by atoms with Crippen LogP contribution in [0.25, 0.3) is 0 Å². The lowest BCUT2D eigenvalue weighted by Gasteiger charge is -2.61. The Bertz CT molecular complexity index is 484. The van der Waals surface area contributed by atoms with Crippen molar-refractivity contribution in [1.82, 2.24) is 0 Å². The molecule has 8 atom stereocenters. The highest BCUT2D eigenvalue weighted by Gasteiger charge is 2.59. The number of hydrogen-bond donors (Lipinski definition) is 0. The molecule has 0 heterocycles. The van der Waals surface area contributed by atoms with Gasteiger partial charge in [0.15, 0.2) is 0 Å². The zero-order valence-electron chi connectivity index (χ0n) is 16.2. The lowest BCUT2D eigenvalue weighted by atomic mass is 9.44. The van der Waals surface area contributed by atoms with Gasteiger partial charge < -0.3 is 4.79 Å². The van der Waals surface area contributed by atoms with Crippen LogP contribution in [0.3, 0.4) is 0 Å². The Kier molecular flexibility index (Phi) is 4.37. The van der Waals surface area contributed by atoms with Crippen molar-refractivity contribution in [3.05, 3.63) is 0 Å². The van der Waals surface area contributed by atoms with Crippen LogP contribution >= 0.6 is 0 Å². The van der Waals surface area contributed by atoms with Crippen molar-refractivity contribution in [3.8, 4) is 0 Å². The second-order valence-electron chi connectivity index (χ2n) is 10.4. The summed E-state index contributed by atoms with van der Waals surface area (Å²) in [6.07, 6.45) is 16.5. The van der Waals surface area contributed by atoms with Crippen molar-refractivity contribution in [2.24, 2.45) is 46.3 Å². The zero-order valence-corrected chi connectivity index (χ0v) is 16.2. The Balaban J connectivity index is 1.56. The van der Waals surface area contributed by atoms with Gasteiger partial charge in [-0.1, -0.05) is 27.2 Å². The second-order valence-corrected chi connectivity index (χ2v) is 10.4. The largest absolute Gasteiger partial charge is 0.303 e. The van der Waals surface area contributed by atoms with Gasteiger partial charge in [0.25, 0.3) is 0 Å². The monoisotopic (exact) mass is 330 g/mol. The SMILES string of the molecule is CC[C@H]1CC[C@]2(C)C3CC[C@]4(C)C(CC=O)CCC4[C@@H]3CC[C@@H]2C1. The second kappa shape index (κ2) is 6.13. The minimum atomic E-state index is 0.478. The summed E-state index contributed by atoms with van der Waals surface area (Å²) in [5.74, 6) is 5.58. The molecule has 0 radical (unpaired) electrons. The molecular weight excluding hydrogens is 292 g/mol. The Morgan fingerprint density at radius 2 is 1.67 bits per heavy atom. The van der Waals surface area contributed by atoms with E-state index in [-0.39, 0.29) is 0 Å². The normalized spacial score (nSPS) is 53.8. The summed E-state index contributed by atoms with van der Waals surface area (Å²) in [6.45, 7) is 7.63. The van der Waals surface area contributed by atoms with Crippen molar-refractivity contribution in [1.29, 1.82) is 0 Å². The van der Waals surface area contributed by atoms with Gasteiger partial charge in [0.1, 0.15) is 6.29 Å². The van der Waals surface area contributed by atoms with Crippen LogP contribution in [0.2, 0.25) is 0 Å². The van der Waals surface area contributed by atoms with E-state index >= 15 is 0 Å². The highest BCUT2D eigenvalue weighted by atomic mass is 16.1. The molecule has 3 unspecified atom stereocenters. The summed E-state index contributed by atoms with van der Waals surface area (Å²) < 4.78 is 0. The fourth-order valence-electron chi connectivity index (χ4n) is 8.33. The van der Waals surface area contributed by atoms with Crippen LogP contribution in [-0.2, 0) is 4.79 Å². The number of aldehydes is 1. The summed E-state index contributed by atoms with van der Waals surface area (Å²) in [7, 11) is 0. The smallest absolute Gasteiger partial charge is 0.120 e. The standard InChI is InChI=1S/C23H38O/c1-4-16-9-12-23(3)18(15-16)5-7-19-20-8-6-17(11-14-24)22(20,2)13-10-21(19)23/h14,16-21H,4-13,15H2,1-3H3/t16-,17?,18+,19-,20?,21?,22+,23-/m0/s1. The molecule has 0 bridgehead atoms. The first-order chi connectivity index (χ1) is 11.5. The van der Waals surface area contributed by atoms with Crippen molar-refractivity contribution in [2.45, 2.75) is 91.4 Å². The number of carbonyl (C=O) groups excluding carboxylic acids is 1. The topological polar surface area (TPSA) is 17.1 Å². The Morgan fingerprint density at radius 1 is 0.917 bits per heavy atom.